The van der Waals surface area contributed by atoms with Crippen LogP contribution in [0, 0.1) is 0 Å². The average Bonchev–Trinajstić information content (AvgIpc) is 2.72. The van der Waals surface area contributed by atoms with Crippen molar-refractivity contribution in [2.24, 2.45) is 0 Å². The standard InChI is InChI=1S/C19H25N6O2P/c1-19(2,24-28)13-27-12-15(26)11-25(14-6-4-3-5-7-14)18-22-10-16-17(23-18)21-9-8-20-16/h3-10,15,24,26H,11-13,28H2,1-2H3/i9D. The van der Waals surface area contributed by atoms with Crippen LogP contribution in [0.5, 0.6) is 0 Å². The van der Waals surface area contributed by atoms with Crippen molar-refractivity contribution in [1.82, 2.24) is 25.0 Å². The lowest BCUT2D eigenvalue weighted by atomic mass is 10.1. The van der Waals surface area contributed by atoms with Crippen LogP contribution in [0.1, 0.15) is 15.2 Å². The van der Waals surface area contributed by atoms with Gasteiger partial charge in [0.15, 0.2) is 5.65 Å². The maximum Gasteiger partial charge on any atom is 0.232 e. The molecule has 9 heteroatoms. The summed E-state index contributed by atoms with van der Waals surface area (Å²) in [6, 6.07) is 9.55. The minimum absolute atomic E-state index is 0.0344. The second-order valence-corrected chi connectivity index (χ2v) is 7.31. The molecule has 0 saturated carbocycles. The van der Waals surface area contributed by atoms with Crippen molar-refractivity contribution >= 4 is 32.2 Å². The van der Waals surface area contributed by atoms with E-state index in [2.05, 4.69) is 34.4 Å². The number of anilines is 2. The van der Waals surface area contributed by atoms with E-state index in [1.165, 1.54) is 6.20 Å². The zero-order chi connectivity index (χ0) is 20.9. The highest BCUT2D eigenvalue weighted by Gasteiger charge is 2.20. The number of aromatic nitrogens is 4. The van der Waals surface area contributed by atoms with E-state index in [1.54, 1.807) is 11.1 Å². The molecule has 0 spiro atoms. The first-order valence-corrected chi connectivity index (χ1v) is 9.48. The first kappa shape index (κ1) is 19.1. The Bertz CT molecular complexity index is 946. The summed E-state index contributed by atoms with van der Waals surface area (Å²) in [7, 11) is 2.47. The van der Waals surface area contributed by atoms with Gasteiger partial charge in [-0.15, -0.1) is 0 Å². The van der Waals surface area contributed by atoms with Crippen LogP contribution in [0.25, 0.3) is 11.2 Å². The van der Waals surface area contributed by atoms with Gasteiger partial charge in [-0.1, -0.05) is 27.6 Å². The van der Waals surface area contributed by atoms with E-state index in [-0.39, 0.29) is 24.9 Å². The van der Waals surface area contributed by atoms with Crippen LogP contribution in [-0.2, 0) is 4.74 Å². The molecule has 3 aromatic rings. The van der Waals surface area contributed by atoms with Crippen LogP contribution in [0.15, 0.2) is 48.9 Å². The van der Waals surface area contributed by atoms with Gasteiger partial charge in [-0.25, -0.2) is 15.0 Å². The van der Waals surface area contributed by atoms with Gasteiger partial charge in [0.25, 0.3) is 0 Å². The third-order valence-corrected chi connectivity index (χ3v) is 4.82. The van der Waals surface area contributed by atoms with Crippen molar-refractivity contribution in [2.45, 2.75) is 25.5 Å². The van der Waals surface area contributed by atoms with E-state index in [4.69, 9.17) is 6.11 Å². The number of aliphatic hydroxyl groups is 1. The van der Waals surface area contributed by atoms with Crippen LogP contribution in [-0.4, -0.2) is 56.4 Å². The smallest absolute Gasteiger partial charge is 0.232 e. The van der Waals surface area contributed by atoms with Crippen LogP contribution in [0.2, 0.25) is 0 Å². The predicted octanol–water partition coefficient (Wildman–Crippen LogP) is 2.09. The maximum absolute atomic E-state index is 10.6. The molecule has 28 heavy (non-hydrogen) atoms. The minimum Gasteiger partial charge on any atom is -0.389 e. The molecule has 3 rings (SSSR count). The fourth-order valence-electron chi connectivity index (χ4n) is 2.51. The Morgan fingerprint density at radius 3 is 2.82 bits per heavy atom. The zero-order valence-electron chi connectivity index (χ0n) is 16.9. The van der Waals surface area contributed by atoms with Gasteiger partial charge in [0, 0.05) is 23.6 Å². The summed E-state index contributed by atoms with van der Waals surface area (Å²) in [6.07, 6.45) is 2.19. The van der Waals surface area contributed by atoms with Crippen molar-refractivity contribution in [1.29, 1.82) is 0 Å². The van der Waals surface area contributed by atoms with Gasteiger partial charge in [0.1, 0.15) is 5.52 Å². The lowest BCUT2D eigenvalue weighted by Crippen LogP contribution is -2.39. The molecule has 0 bridgehead atoms. The molecule has 2 heterocycles. The summed E-state index contributed by atoms with van der Waals surface area (Å²) < 4.78 is 13.3. The summed E-state index contributed by atoms with van der Waals surface area (Å²) in [5.74, 6) is 0.370. The first-order chi connectivity index (χ1) is 13.9. The predicted molar refractivity (Wildman–Crippen MR) is 112 cm³/mol. The summed E-state index contributed by atoms with van der Waals surface area (Å²) >= 11 is 0. The third-order valence-electron chi connectivity index (χ3n) is 4.04. The summed E-state index contributed by atoms with van der Waals surface area (Å²) in [5.41, 5.74) is 1.46. The molecular weight excluding hydrogens is 375 g/mol. The maximum atomic E-state index is 10.6. The number of rotatable bonds is 9. The van der Waals surface area contributed by atoms with E-state index in [9.17, 15) is 5.11 Å². The zero-order valence-corrected chi connectivity index (χ0v) is 17.1. The van der Waals surface area contributed by atoms with Gasteiger partial charge in [-0.2, -0.15) is 4.98 Å². The first-order valence-electron chi connectivity index (χ1n) is 9.40. The van der Waals surface area contributed by atoms with Crippen LogP contribution >= 0.6 is 9.39 Å². The highest BCUT2D eigenvalue weighted by Crippen LogP contribution is 2.23. The number of nitrogens with one attached hydrogen (secondary N) is 1. The molecule has 148 valence electrons. The Kier molecular flexibility index (Phi) is 6.34. The Labute approximate surface area is 168 Å². The van der Waals surface area contributed by atoms with Crippen molar-refractivity contribution < 1.29 is 11.2 Å². The Hall–Kier alpha value is -2.25. The molecule has 2 atom stereocenters. The quantitative estimate of drug-likeness (QED) is 0.526. The van der Waals surface area contributed by atoms with Crippen LogP contribution in [0.4, 0.5) is 11.6 Å². The van der Waals surface area contributed by atoms with E-state index in [0.29, 0.717) is 23.7 Å². The molecule has 0 aliphatic carbocycles. The molecule has 0 saturated heterocycles. The lowest BCUT2D eigenvalue weighted by Gasteiger charge is -2.27. The fraction of sp³-hybridized carbons (Fsp3) is 0.368. The second-order valence-electron chi connectivity index (χ2n) is 7.02. The largest absolute Gasteiger partial charge is 0.389 e. The van der Waals surface area contributed by atoms with E-state index >= 15 is 0 Å². The normalized spacial score (nSPS) is 13.4. The second kappa shape index (κ2) is 9.30. The molecule has 1 aromatic carbocycles. The summed E-state index contributed by atoms with van der Waals surface area (Å²) in [5, 5.41) is 13.6. The minimum atomic E-state index is -0.761. The third kappa shape index (κ3) is 5.39. The number of aliphatic hydroxyl groups excluding tert-OH is 1. The number of hydrogen-bond acceptors (Lipinski definition) is 8. The molecule has 2 aromatic heterocycles. The summed E-state index contributed by atoms with van der Waals surface area (Å²) in [6.45, 7) is 4.87. The molecule has 8 nitrogen and oxygen atoms in total. The van der Waals surface area contributed by atoms with Crippen molar-refractivity contribution in [3.63, 3.8) is 0 Å². The molecule has 0 radical (unpaired) electrons. The molecule has 0 aliphatic heterocycles. The van der Waals surface area contributed by atoms with Gasteiger partial charge >= 0.3 is 0 Å². The Balaban J connectivity index is 1.80. The van der Waals surface area contributed by atoms with Crippen LogP contribution < -0.4 is 9.99 Å². The van der Waals surface area contributed by atoms with Crippen molar-refractivity contribution in [3.8, 4) is 0 Å². The number of para-hydroxylation sites is 1. The number of hydrogen-bond donors (Lipinski definition) is 2. The van der Waals surface area contributed by atoms with Crippen LogP contribution in [0.3, 0.4) is 0 Å². The Morgan fingerprint density at radius 2 is 2.07 bits per heavy atom. The lowest BCUT2D eigenvalue weighted by molar-refractivity contribution is 0.0219. The fourth-order valence-corrected chi connectivity index (χ4v) is 2.60. The number of fused-ring (bicyclic) bond motifs is 1. The Morgan fingerprint density at radius 1 is 1.29 bits per heavy atom. The molecule has 0 fully saturated rings. The van der Waals surface area contributed by atoms with Gasteiger partial charge < -0.3 is 14.7 Å². The van der Waals surface area contributed by atoms with Gasteiger partial charge in [-0.3, -0.25) is 5.09 Å². The molecule has 0 amide bonds. The van der Waals surface area contributed by atoms with E-state index in [1.807, 2.05) is 44.2 Å². The molecular formula is C19H25N6O2P. The number of nitrogens with zero attached hydrogens (tertiary/aromatic N) is 5. The average molecular weight is 401 g/mol. The summed E-state index contributed by atoms with van der Waals surface area (Å²) in [4.78, 5) is 18.9. The van der Waals surface area contributed by atoms with E-state index in [0.717, 1.165) is 5.69 Å². The van der Waals surface area contributed by atoms with Gasteiger partial charge in [0.2, 0.25) is 5.95 Å². The molecule has 2 unspecified atom stereocenters. The number of ether oxygens (including phenoxy) is 1. The van der Waals surface area contributed by atoms with Crippen molar-refractivity contribution in [2.75, 3.05) is 24.7 Å². The topological polar surface area (TPSA) is 96.3 Å². The van der Waals surface area contributed by atoms with Gasteiger partial charge in [0.05, 0.1) is 33.4 Å². The van der Waals surface area contributed by atoms with Crippen molar-refractivity contribution in [3.05, 3.63) is 48.9 Å². The SMILES string of the molecule is [2H]c1cnc2cnc(N(CC(O)COCC(C)(C)NP)c3ccccc3)nc2n1. The molecule has 2 N–H and O–H groups in total. The van der Waals surface area contributed by atoms with Gasteiger partial charge in [-0.05, 0) is 26.0 Å². The highest BCUT2D eigenvalue weighted by atomic mass is 31.0. The molecule has 0 aliphatic rings. The monoisotopic (exact) mass is 401 g/mol. The van der Waals surface area contributed by atoms with E-state index < -0.39 is 6.10 Å². The number of benzene rings is 1. The highest BCUT2D eigenvalue weighted by molar-refractivity contribution is 7.13.